The molecule has 0 unspecified atom stereocenters. The fraction of sp³-hybridized carbons (Fsp3) is 0.154. The van der Waals surface area contributed by atoms with Crippen LogP contribution in [0.2, 0.25) is 0 Å². The lowest BCUT2D eigenvalue weighted by Crippen LogP contribution is -1.91. The number of H-pyrrole nitrogens is 1. The fourth-order valence-electron chi connectivity index (χ4n) is 2.13. The van der Waals surface area contributed by atoms with Gasteiger partial charge in [-0.1, -0.05) is 11.6 Å². The number of nitrogens with one attached hydrogen (secondary N) is 1. The SMILES string of the molecule is Cc1cc(C)c2nc3[nH]c(=S)ncc3cc2c1. The summed E-state index contributed by atoms with van der Waals surface area (Å²) in [6.45, 7) is 4.16. The number of pyridine rings is 1. The van der Waals surface area contributed by atoms with E-state index in [-0.39, 0.29) is 0 Å². The molecule has 0 aliphatic carbocycles. The quantitative estimate of drug-likeness (QED) is 0.484. The molecule has 2 aromatic heterocycles. The number of hydrogen-bond donors (Lipinski definition) is 1. The van der Waals surface area contributed by atoms with Crippen molar-refractivity contribution >= 4 is 34.2 Å². The number of rotatable bonds is 0. The van der Waals surface area contributed by atoms with Gasteiger partial charge in [0.2, 0.25) is 0 Å². The molecule has 0 saturated heterocycles. The van der Waals surface area contributed by atoms with Crippen molar-refractivity contribution in [3.63, 3.8) is 0 Å². The molecule has 4 heteroatoms. The number of aromatic nitrogens is 3. The molecule has 0 atom stereocenters. The maximum absolute atomic E-state index is 5.01. The molecule has 0 fully saturated rings. The molecule has 1 aromatic carbocycles. The van der Waals surface area contributed by atoms with Crippen molar-refractivity contribution in [2.45, 2.75) is 13.8 Å². The number of nitrogens with zero attached hydrogens (tertiary/aromatic N) is 2. The highest BCUT2D eigenvalue weighted by Gasteiger charge is 2.03. The molecule has 2 heterocycles. The average molecular weight is 241 g/mol. The second-order valence-corrected chi connectivity index (χ2v) is 4.65. The van der Waals surface area contributed by atoms with Crippen LogP contribution in [-0.2, 0) is 0 Å². The van der Waals surface area contributed by atoms with Crippen molar-refractivity contribution in [2.75, 3.05) is 0 Å². The van der Waals surface area contributed by atoms with Crippen LogP contribution >= 0.6 is 12.2 Å². The minimum Gasteiger partial charge on any atom is -0.315 e. The van der Waals surface area contributed by atoms with Crippen LogP contribution in [0, 0.1) is 18.6 Å². The van der Waals surface area contributed by atoms with Gasteiger partial charge in [-0.05, 0) is 43.8 Å². The topological polar surface area (TPSA) is 41.6 Å². The number of hydrogen-bond acceptors (Lipinski definition) is 3. The largest absolute Gasteiger partial charge is 0.315 e. The van der Waals surface area contributed by atoms with E-state index in [4.69, 9.17) is 12.2 Å². The van der Waals surface area contributed by atoms with E-state index in [1.54, 1.807) is 6.20 Å². The Labute approximate surface area is 104 Å². The van der Waals surface area contributed by atoms with E-state index in [9.17, 15) is 0 Å². The van der Waals surface area contributed by atoms with Gasteiger partial charge < -0.3 is 4.98 Å². The van der Waals surface area contributed by atoms with E-state index in [0.29, 0.717) is 4.77 Å². The summed E-state index contributed by atoms with van der Waals surface area (Å²) in [5, 5.41) is 2.12. The van der Waals surface area contributed by atoms with Gasteiger partial charge in [0.05, 0.1) is 5.52 Å². The molecule has 0 radical (unpaired) electrons. The lowest BCUT2D eigenvalue weighted by Gasteiger charge is -2.05. The Kier molecular flexibility index (Phi) is 2.19. The van der Waals surface area contributed by atoms with Crippen LogP contribution in [0.5, 0.6) is 0 Å². The Morgan fingerprint density at radius 2 is 1.94 bits per heavy atom. The lowest BCUT2D eigenvalue weighted by atomic mass is 10.1. The summed E-state index contributed by atoms with van der Waals surface area (Å²) >= 11 is 5.01. The van der Waals surface area contributed by atoms with E-state index in [1.165, 1.54) is 11.1 Å². The van der Waals surface area contributed by atoms with Gasteiger partial charge in [0.1, 0.15) is 5.65 Å². The van der Waals surface area contributed by atoms with E-state index in [2.05, 4.69) is 47.0 Å². The molecule has 84 valence electrons. The van der Waals surface area contributed by atoms with Crippen LogP contribution in [0.3, 0.4) is 0 Å². The van der Waals surface area contributed by atoms with Crippen molar-refractivity contribution in [1.82, 2.24) is 15.0 Å². The van der Waals surface area contributed by atoms with Gasteiger partial charge in [0.15, 0.2) is 4.77 Å². The van der Waals surface area contributed by atoms with Crippen LogP contribution in [0.25, 0.3) is 21.9 Å². The molecule has 0 aliphatic rings. The Morgan fingerprint density at radius 1 is 1.12 bits per heavy atom. The Bertz CT molecular complexity index is 790. The van der Waals surface area contributed by atoms with Crippen molar-refractivity contribution in [2.24, 2.45) is 0 Å². The van der Waals surface area contributed by atoms with Gasteiger partial charge in [-0.3, -0.25) is 0 Å². The van der Waals surface area contributed by atoms with Crippen LogP contribution in [0.1, 0.15) is 11.1 Å². The predicted octanol–water partition coefficient (Wildman–Crippen LogP) is 3.46. The molecular formula is C13H11N3S. The molecule has 0 spiro atoms. The maximum Gasteiger partial charge on any atom is 0.198 e. The zero-order valence-electron chi connectivity index (χ0n) is 9.61. The summed E-state index contributed by atoms with van der Waals surface area (Å²) in [6.07, 6.45) is 1.76. The summed E-state index contributed by atoms with van der Waals surface area (Å²) in [5.41, 5.74) is 4.23. The molecule has 3 rings (SSSR count). The van der Waals surface area contributed by atoms with Gasteiger partial charge in [-0.2, -0.15) is 0 Å². The van der Waals surface area contributed by atoms with Crippen molar-refractivity contribution in [3.8, 4) is 0 Å². The highest BCUT2D eigenvalue weighted by molar-refractivity contribution is 7.71. The first-order chi connectivity index (χ1) is 8.13. The van der Waals surface area contributed by atoms with Crippen molar-refractivity contribution in [1.29, 1.82) is 0 Å². The molecule has 0 saturated carbocycles. The molecule has 3 nitrogen and oxygen atoms in total. The summed E-state index contributed by atoms with van der Waals surface area (Å²) < 4.78 is 0.467. The first kappa shape index (κ1) is 10.4. The van der Waals surface area contributed by atoms with Crippen molar-refractivity contribution < 1.29 is 0 Å². The fourth-order valence-corrected chi connectivity index (χ4v) is 2.28. The third-order valence-electron chi connectivity index (χ3n) is 2.83. The smallest absolute Gasteiger partial charge is 0.198 e. The number of aryl methyl sites for hydroxylation is 2. The molecule has 3 aromatic rings. The zero-order chi connectivity index (χ0) is 12.0. The van der Waals surface area contributed by atoms with Crippen LogP contribution < -0.4 is 0 Å². The zero-order valence-corrected chi connectivity index (χ0v) is 10.4. The first-order valence-corrected chi connectivity index (χ1v) is 5.81. The second-order valence-electron chi connectivity index (χ2n) is 4.27. The van der Waals surface area contributed by atoms with Crippen LogP contribution in [0.4, 0.5) is 0 Å². The van der Waals surface area contributed by atoms with Gasteiger partial charge in [0, 0.05) is 17.0 Å². The maximum atomic E-state index is 5.01. The summed E-state index contributed by atoms with van der Waals surface area (Å²) in [6, 6.07) is 6.36. The number of fused-ring (bicyclic) bond motifs is 2. The Morgan fingerprint density at radius 3 is 2.76 bits per heavy atom. The number of benzene rings is 1. The third kappa shape index (κ3) is 1.70. The third-order valence-corrected chi connectivity index (χ3v) is 3.04. The molecule has 1 N–H and O–H groups in total. The van der Waals surface area contributed by atoms with E-state index in [1.807, 2.05) is 0 Å². The molecule has 17 heavy (non-hydrogen) atoms. The van der Waals surface area contributed by atoms with Crippen molar-refractivity contribution in [3.05, 3.63) is 40.3 Å². The summed E-state index contributed by atoms with van der Waals surface area (Å²) in [7, 11) is 0. The molecule has 0 bridgehead atoms. The standard InChI is InChI=1S/C13H11N3S/c1-7-3-8(2)11-9(4-7)5-10-6-14-13(17)16-12(10)15-11/h3-6H,1-2H3,(H,14,15,16,17). The monoisotopic (exact) mass is 241 g/mol. The minimum atomic E-state index is 0.467. The van der Waals surface area contributed by atoms with Crippen LogP contribution in [-0.4, -0.2) is 15.0 Å². The molecule has 0 aliphatic heterocycles. The van der Waals surface area contributed by atoms with Gasteiger partial charge in [-0.25, -0.2) is 9.97 Å². The summed E-state index contributed by atoms with van der Waals surface area (Å²) in [4.78, 5) is 11.7. The first-order valence-electron chi connectivity index (χ1n) is 5.40. The van der Waals surface area contributed by atoms with Gasteiger partial charge in [-0.15, -0.1) is 0 Å². The molecular weight excluding hydrogens is 230 g/mol. The molecule has 0 amide bonds. The van der Waals surface area contributed by atoms with Gasteiger partial charge >= 0.3 is 0 Å². The minimum absolute atomic E-state index is 0.467. The second kappa shape index (κ2) is 3.60. The summed E-state index contributed by atoms with van der Waals surface area (Å²) in [5.74, 6) is 0. The normalized spacial score (nSPS) is 11.2. The highest BCUT2D eigenvalue weighted by Crippen LogP contribution is 2.22. The average Bonchev–Trinajstić information content (AvgIpc) is 2.27. The Balaban J connectivity index is 2.52. The Hall–Kier alpha value is -1.81. The van der Waals surface area contributed by atoms with Crippen LogP contribution in [0.15, 0.2) is 24.4 Å². The number of aromatic amines is 1. The van der Waals surface area contributed by atoms with Gasteiger partial charge in [0.25, 0.3) is 0 Å². The van der Waals surface area contributed by atoms with E-state index >= 15 is 0 Å². The van der Waals surface area contributed by atoms with E-state index in [0.717, 1.165) is 21.9 Å². The van der Waals surface area contributed by atoms with E-state index < -0.39 is 0 Å². The predicted molar refractivity (Wildman–Crippen MR) is 71.7 cm³/mol. The highest BCUT2D eigenvalue weighted by atomic mass is 32.1. The lowest BCUT2D eigenvalue weighted by molar-refractivity contribution is 1.16.